The fourth-order valence-electron chi connectivity index (χ4n) is 4.13. The predicted molar refractivity (Wildman–Crippen MR) is 122 cm³/mol. The molecule has 0 saturated carbocycles. The summed E-state index contributed by atoms with van der Waals surface area (Å²) in [6, 6.07) is 16.2. The van der Waals surface area contributed by atoms with E-state index in [2.05, 4.69) is 36.1 Å². The van der Waals surface area contributed by atoms with Gasteiger partial charge in [-0.05, 0) is 49.6 Å². The van der Waals surface area contributed by atoms with Crippen LogP contribution in [0, 0.1) is 6.92 Å². The Morgan fingerprint density at radius 1 is 0.867 bits per heavy atom. The van der Waals surface area contributed by atoms with Crippen molar-refractivity contribution in [1.82, 2.24) is 9.80 Å². The molecule has 2 amide bonds. The number of anilines is 1. The zero-order valence-corrected chi connectivity index (χ0v) is 18.4. The fraction of sp³-hybridized carbons (Fsp3) is 0.417. The molecule has 2 heterocycles. The zero-order chi connectivity index (χ0) is 20.9. The lowest BCUT2D eigenvalue weighted by Gasteiger charge is -2.36. The highest BCUT2D eigenvalue weighted by Crippen LogP contribution is 2.26. The number of hydrogen-bond donors (Lipinski definition) is 0. The molecule has 0 bridgehead atoms. The van der Waals surface area contributed by atoms with E-state index in [0.29, 0.717) is 24.4 Å². The van der Waals surface area contributed by atoms with E-state index in [1.165, 1.54) is 23.0 Å². The van der Waals surface area contributed by atoms with Crippen LogP contribution in [0.3, 0.4) is 0 Å². The third-order valence-corrected chi connectivity index (χ3v) is 6.92. The second-order valence-corrected chi connectivity index (χ2v) is 9.01. The Labute approximate surface area is 183 Å². The Kier molecular flexibility index (Phi) is 6.62. The van der Waals surface area contributed by atoms with Crippen molar-refractivity contribution < 1.29 is 9.59 Å². The van der Waals surface area contributed by atoms with Crippen LogP contribution >= 0.6 is 11.8 Å². The summed E-state index contributed by atoms with van der Waals surface area (Å²) >= 11 is 1.48. The third-order valence-electron chi connectivity index (χ3n) is 5.86. The van der Waals surface area contributed by atoms with Gasteiger partial charge in [-0.2, -0.15) is 0 Å². The number of benzene rings is 2. The molecule has 2 saturated heterocycles. The topological polar surface area (TPSA) is 43.9 Å². The van der Waals surface area contributed by atoms with Gasteiger partial charge in [-0.15, -0.1) is 11.8 Å². The van der Waals surface area contributed by atoms with E-state index >= 15 is 0 Å². The van der Waals surface area contributed by atoms with E-state index in [-0.39, 0.29) is 11.8 Å². The lowest BCUT2D eigenvalue weighted by molar-refractivity contribution is -0.127. The van der Waals surface area contributed by atoms with Crippen LogP contribution in [0.4, 0.5) is 5.69 Å². The van der Waals surface area contributed by atoms with Gasteiger partial charge in [0.25, 0.3) is 5.91 Å². The molecule has 0 atom stereocenters. The summed E-state index contributed by atoms with van der Waals surface area (Å²) in [5.74, 6) is 0.632. The number of thioether (sulfide) groups is 1. The highest BCUT2D eigenvalue weighted by molar-refractivity contribution is 8.00. The van der Waals surface area contributed by atoms with E-state index in [0.717, 1.165) is 43.9 Å². The van der Waals surface area contributed by atoms with Gasteiger partial charge < -0.3 is 14.7 Å². The van der Waals surface area contributed by atoms with Crippen molar-refractivity contribution in [1.29, 1.82) is 0 Å². The highest BCUT2D eigenvalue weighted by Gasteiger charge is 2.25. The zero-order valence-electron chi connectivity index (χ0n) is 17.5. The number of hydrogen-bond acceptors (Lipinski definition) is 4. The molecule has 30 heavy (non-hydrogen) atoms. The normalized spacial score (nSPS) is 16.8. The van der Waals surface area contributed by atoms with E-state index < -0.39 is 0 Å². The summed E-state index contributed by atoms with van der Waals surface area (Å²) in [6.45, 7) is 6.91. The minimum atomic E-state index is 0.0654. The minimum Gasteiger partial charge on any atom is -0.368 e. The van der Waals surface area contributed by atoms with Crippen molar-refractivity contribution in [2.75, 3.05) is 49.9 Å². The number of rotatable bonds is 5. The van der Waals surface area contributed by atoms with E-state index in [9.17, 15) is 9.59 Å². The lowest BCUT2D eigenvalue weighted by atomic mass is 10.1. The molecule has 4 rings (SSSR count). The second-order valence-electron chi connectivity index (χ2n) is 7.99. The first-order chi connectivity index (χ1) is 14.6. The Balaban J connectivity index is 1.37. The van der Waals surface area contributed by atoms with Gasteiger partial charge in [0.2, 0.25) is 5.91 Å². The van der Waals surface area contributed by atoms with E-state index in [1.807, 2.05) is 34.1 Å². The van der Waals surface area contributed by atoms with Gasteiger partial charge >= 0.3 is 0 Å². The van der Waals surface area contributed by atoms with Gasteiger partial charge in [0.15, 0.2) is 0 Å². The van der Waals surface area contributed by atoms with Crippen molar-refractivity contribution in [2.24, 2.45) is 0 Å². The Morgan fingerprint density at radius 2 is 1.60 bits per heavy atom. The first-order valence-corrected chi connectivity index (χ1v) is 11.7. The lowest BCUT2D eigenvalue weighted by Crippen LogP contribution is -2.48. The first-order valence-electron chi connectivity index (χ1n) is 10.7. The van der Waals surface area contributed by atoms with Crippen molar-refractivity contribution in [3.63, 3.8) is 0 Å². The SMILES string of the molecule is Cc1cccc(N2CCN(C(=O)c3ccccc3SCC(=O)N3CCCC3)CC2)c1. The molecular formula is C24H29N3O2S. The van der Waals surface area contributed by atoms with Crippen molar-refractivity contribution in [3.8, 4) is 0 Å². The van der Waals surface area contributed by atoms with Crippen LogP contribution in [0.5, 0.6) is 0 Å². The summed E-state index contributed by atoms with van der Waals surface area (Å²) in [6.07, 6.45) is 2.19. The van der Waals surface area contributed by atoms with Crippen LogP contribution in [0.25, 0.3) is 0 Å². The molecule has 0 unspecified atom stereocenters. The summed E-state index contributed by atoms with van der Waals surface area (Å²) in [4.78, 5) is 32.7. The van der Waals surface area contributed by atoms with Crippen molar-refractivity contribution in [3.05, 3.63) is 59.7 Å². The maximum absolute atomic E-state index is 13.2. The molecule has 2 aliphatic rings. The van der Waals surface area contributed by atoms with E-state index in [1.54, 1.807) is 0 Å². The summed E-state index contributed by atoms with van der Waals surface area (Å²) < 4.78 is 0. The number of nitrogens with zero attached hydrogens (tertiary/aromatic N) is 3. The molecule has 2 aliphatic heterocycles. The highest BCUT2D eigenvalue weighted by atomic mass is 32.2. The predicted octanol–water partition coefficient (Wildman–Crippen LogP) is 3.67. The molecule has 0 aromatic heterocycles. The Bertz CT molecular complexity index is 903. The van der Waals surface area contributed by atoms with Crippen molar-refractivity contribution >= 4 is 29.3 Å². The summed E-state index contributed by atoms with van der Waals surface area (Å²) in [7, 11) is 0. The summed E-state index contributed by atoms with van der Waals surface area (Å²) in [5.41, 5.74) is 3.18. The van der Waals surface area contributed by atoms with Crippen LogP contribution in [0.2, 0.25) is 0 Å². The van der Waals surface area contributed by atoms with Gasteiger partial charge in [0, 0.05) is 49.9 Å². The van der Waals surface area contributed by atoms with Gasteiger partial charge in [-0.1, -0.05) is 24.3 Å². The smallest absolute Gasteiger partial charge is 0.255 e. The quantitative estimate of drug-likeness (QED) is 0.689. The largest absolute Gasteiger partial charge is 0.368 e. The average molecular weight is 424 g/mol. The average Bonchev–Trinajstić information content (AvgIpc) is 3.32. The molecule has 2 aromatic rings. The number of piperazine rings is 1. The Hall–Kier alpha value is -2.47. The molecular weight excluding hydrogens is 394 g/mol. The number of amides is 2. The molecule has 5 nitrogen and oxygen atoms in total. The van der Waals surface area contributed by atoms with Crippen LogP contribution in [0.1, 0.15) is 28.8 Å². The number of carbonyl (C=O) groups is 2. The van der Waals surface area contributed by atoms with Gasteiger partial charge in [-0.3, -0.25) is 9.59 Å². The summed E-state index contributed by atoms with van der Waals surface area (Å²) in [5, 5.41) is 0. The van der Waals surface area contributed by atoms with Gasteiger partial charge in [0.05, 0.1) is 11.3 Å². The molecule has 0 spiro atoms. The van der Waals surface area contributed by atoms with Crippen LogP contribution < -0.4 is 4.90 Å². The number of aryl methyl sites for hydroxylation is 1. The molecule has 2 fully saturated rings. The van der Waals surface area contributed by atoms with Crippen LogP contribution in [0.15, 0.2) is 53.4 Å². The first kappa shape index (κ1) is 20.8. The van der Waals surface area contributed by atoms with E-state index in [4.69, 9.17) is 0 Å². The Morgan fingerprint density at radius 3 is 2.33 bits per heavy atom. The van der Waals surface area contributed by atoms with Crippen LogP contribution in [-0.4, -0.2) is 66.6 Å². The second kappa shape index (κ2) is 9.56. The minimum absolute atomic E-state index is 0.0654. The molecule has 0 aliphatic carbocycles. The van der Waals surface area contributed by atoms with Crippen molar-refractivity contribution in [2.45, 2.75) is 24.7 Å². The standard InChI is InChI=1S/C24H29N3O2S/c1-19-7-6-8-20(17-19)25-13-15-27(16-14-25)24(29)21-9-2-3-10-22(21)30-18-23(28)26-11-4-5-12-26/h2-3,6-10,17H,4-5,11-16,18H2,1H3. The molecule has 6 heteroatoms. The van der Waals surface area contributed by atoms with Gasteiger partial charge in [-0.25, -0.2) is 0 Å². The molecule has 158 valence electrons. The molecule has 0 N–H and O–H groups in total. The maximum atomic E-state index is 13.2. The molecule has 2 aromatic carbocycles. The number of likely N-dealkylation sites (tertiary alicyclic amines) is 1. The number of carbonyl (C=O) groups excluding carboxylic acids is 2. The van der Waals surface area contributed by atoms with Crippen LogP contribution in [-0.2, 0) is 4.79 Å². The third kappa shape index (κ3) is 4.81. The monoisotopic (exact) mass is 423 g/mol. The fourth-order valence-corrected chi connectivity index (χ4v) is 5.08. The molecule has 0 radical (unpaired) electrons. The van der Waals surface area contributed by atoms with Gasteiger partial charge in [0.1, 0.15) is 0 Å². The maximum Gasteiger partial charge on any atom is 0.255 e.